The molecule has 1 unspecified atom stereocenters. The number of halogens is 2. The highest BCUT2D eigenvalue weighted by Gasteiger charge is 2.11. The van der Waals surface area contributed by atoms with E-state index in [9.17, 15) is 0 Å². The van der Waals surface area contributed by atoms with Gasteiger partial charge in [-0.3, -0.25) is 0 Å². The Labute approximate surface area is 124 Å². The summed E-state index contributed by atoms with van der Waals surface area (Å²) >= 11 is 11.8. The van der Waals surface area contributed by atoms with E-state index in [2.05, 4.69) is 24.3 Å². The Morgan fingerprint density at radius 2 is 1.37 bits per heavy atom. The maximum Gasteiger partial charge on any atom is 0.0406 e. The topological polar surface area (TPSA) is 26.0 Å². The lowest BCUT2D eigenvalue weighted by Gasteiger charge is -2.17. The number of rotatable bonds is 5. The van der Waals surface area contributed by atoms with Crippen molar-refractivity contribution in [2.45, 2.75) is 18.8 Å². The van der Waals surface area contributed by atoms with Gasteiger partial charge in [0.25, 0.3) is 0 Å². The summed E-state index contributed by atoms with van der Waals surface area (Å²) in [6.07, 6.45) is 1.93. The minimum Gasteiger partial charge on any atom is -0.330 e. The number of hydrogen-bond donors (Lipinski definition) is 1. The molecule has 2 aromatic rings. The smallest absolute Gasteiger partial charge is 0.0406 e. The second-order valence-electron chi connectivity index (χ2n) is 4.66. The van der Waals surface area contributed by atoms with Crippen LogP contribution >= 0.6 is 23.2 Å². The van der Waals surface area contributed by atoms with Crippen LogP contribution in [0, 0.1) is 0 Å². The SMILES string of the molecule is NCCC(Cc1ccc(Cl)cc1)c1ccc(Cl)cc1. The molecule has 0 radical (unpaired) electrons. The molecule has 1 atom stereocenters. The number of hydrogen-bond acceptors (Lipinski definition) is 1. The molecule has 0 aliphatic rings. The molecule has 0 spiro atoms. The van der Waals surface area contributed by atoms with Crippen molar-refractivity contribution in [3.05, 3.63) is 69.7 Å². The van der Waals surface area contributed by atoms with Crippen LogP contribution in [0.4, 0.5) is 0 Å². The summed E-state index contributed by atoms with van der Waals surface area (Å²) in [5.41, 5.74) is 8.29. The maximum atomic E-state index is 5.93. The monoisotopic (exact) mass is 293 g/mol. The predicted octanol–water partition coefficient (Wildman–Crippen LogP) is 4.67. The van der Waals surface area contributed by atoms with Crippen molar-refractivity contribution in [1.29, 1.82) is 0 Å². The molecule has 2 aromatic carbocycles. The fourth-order valence-corrected chi connectivity index (χ4v) is 2.48. The van der Waals surface area contributed by atoms with Crippen molar-refractivity contribution in [3.8, 4) is 0 Å². The first-order valence-corrected chi connectivity index (χ1v) is 7.14. The molecule has 0 aromatic heterocycles. The molecule has 0 amide bonds. The minimum absolute atomic E-state index is 0.420. The van der Waals surface area contributed by atoms with E-state index in [-0.39, 0.29) is 0 Å². The van der Waals surface area contributed by atoms with Gasteiger partial charge in [-0.15, -0.1) is 0 Å². The van der Waals surface area contributed by atoms with Crippen LogP contribution < -0.4 is 5.73 Å². The van der Waals surface area contributed by atoms with Crippen molar-refractivity contribution in [2.24, 2.45) is 5.73 Å². The van der Waals surface area contributed by atoms with Crippen LogP contribution in [0.1, 0.15) is 23.5 Å². The van der Waals surface area contributed by atoms with Gasteiger partial charge in [0.2, 0.25) is 0 Å². The van der Waals surface area contributed by atoms with Crippen LogP contribution in [0.5, 0.6) is 0 Å². The minimum atomic E-state index is 0.420. The van der Waals surface area contributed by atoms with Crippen LogP contribution in [0.3, 0.4) is 0 Å². The largest absolute Gasteiger partial charge is 0.330 e. The molecule has 0 heterocycles. The summed E-state index contributed by atoms with van der Waals surface area (Å²) < 4.78 is 0. The van der Waals surface area contributed by atoms with E-state index in [1.165, 1.54) is 11.1 Å². The first-order chi connectivity index (χ1) is 9.19. The molecule has 19 heavy (non-hydrogen) atoms. The van der Waals surface area contributed by atoms with Crippen molar-refractivity contribution < 1.29 is 0 Å². The van der Waals surface area contributed by atoms with E-state index in [1.54, 1.807) is 0 Å². The van der Waals surface area contributed by atoms with Crippen LogP contribution in [-0.4, -0.2) is 6.54 Å². The second kappa shape index (κ2) is 6.95. The molecule has 0 aliphatic carbocycles. The Morgan fingerprint density at radius 3 is 1.89 bits per heavy atom. The van der Waals surface area contributed by atoms with Crippen molar-refractivity contribution >= 4 is 23.2 Å². The number of benzene rings is 2. The third kappa shape index (κ3) is 4.24. The molecular weight excluding hydrogens is 277 g/mol. The first kappa shape index (κ1) is 14.4. The molecular formula is C16H17Cl2N. The molecule has 100 valence electrons. The highest BCUT2D eigenvalue weighted by Crippen LogP contribution is 2.25. The standard InChI is InChI=1S/C16H17Cl2N/c17-15-5-1-12(2-6-15)11-14(9-10-19)13-3-7-16(18)8-4-13/h1-8,14H,9-11,19H2. The highest BCUT2D eigenvalue weighted by atomic mass is 35.5. The van der Waals surface area contributed by atoms with Gasteiger partial charge in [0.1, 0.15) is 0 Å². The fourth-order valence-electron chi connectivity index (χ4n) is 2.23. The van der Waals surface area contributed by atoms with E-state index in [1.807, 2.05) is 24.3 Å². The van der Waals surface area contributed by atoms with E-state index in [0.29, 0.717) is 12.5 Å². The van der Waals surface area contributed by atoms with E-state index >= 15 is 0 Å². The zero-order valence-corrected chi connectivity index (χ0v) is 12.2. The summed E-state index contributed by atoms with van der Waals surface area (Å²) in [6, 6.07) is 16.0. The van der Waals surface area contributed by atoms with Gasteiger partial charge in [-0.05, 0) is 60.7 Å². The molecule has 1 nitrogen and oxygen atoms in total. The molecule has 0 saturated heterocycles. The molecule has 0 fully saturated rings. The quantitative estimate of drug-likeness (QED) is 0.852. The number of nitrogens with two attached hydrogens (primary N) is 1. The van der Waals surface area contributed by atoms with E-state index in [4.69, 9.17) is 28.9 Å². The Bertz CT molecular complexity index is 505. The van der Waals surface area contributed by atoms with Crippen molar-refractivity contribution in [1.82, 2.24) is 0 Å². The lowest BCUT2D eigenvalue weighted by Crippen LogP contribution is -2.10. The van der Waals surface area contributed by atoms with E-state index < -0.39 is 0 Å². The van der Waals surface area contributed by atoms with Gasteiger partial charge in [0.05, 0.1) is 0 Å². The zero-order valence-electron chi connectivity index (χ0n) is 10.7. The van der Waals surface area contributed by atoms with Crippen molar-refractivity contribution in [3.63, 3.8) is 0 Å². The van der Waals surface area contributed by atoms with Crippen LogP contribution in [0.15, 0.2) is 48.5 Å². The Balaban J connectivity index is 2.15. The van der Waals surface area contributed by atoms with Crippen LogP contribution in [0.2, 0.25) is 10.0 Å². The molecule has 0 saturated carbocycles. The van der Waals surface area contributed by atoms with Gasteiger partial charge >= 0.3 is 0 Å². The molecule has 0 bridgehead atoms. The summed E-state index contributed by atoms with van der Waals surface area (Å²) in [4.78, 5) is 0. The van der Waals surface area contributed by atoms with Gasteiger partial charge in [-0.1, -0.05) is 47.5 Å². The predicted molar refractivity (Wildman–Crippen MR) is 83.0 cm³/mol. The lowest BCUT2D eigenvalue weighted by atomic mass is 9.89. The summed E-state index contributed by atoms with van der Waals surface area (Å²) in [5.74, 6) is 0.420. The average Bonchev–Trinajstić information content (AvgIpc) is 2.42. The van der Waals surface area contributed by atoms with Crippen molar-refractivity contribution in [2.75, 3.05) is 6.54 Å². The highest BCUT2D eigenvalue weighted by molar-refractivity contribution is 6.30. The van der Waals surface area contributed by atoms with Crippen LogP contribution in [-0.2, 0) is 6.42 Å². The van der Waals surface area contributed by atoms with Gasteiger partial charge in [0.15, 0.2) is 0 Å². The summed E-state index contributed by atoms with van der Waals surface area (Å²) in [7, 11) is 0. The third-order valence-corrected chi connectivity index (χ3v) is 3.76. The fraction of sp³-hybridized carbons (Fsp3) is 0.250. The molecule has 2 rings (SSSR count). The zero-order chi connectivity index (χ0) is 13.7. The average molecular weight is 294 g/mol. The Kier molecular flexibility index (Phi) is 5.26. The first-order valence-electron chi connectivity index (χ1n) is 6.39. The Hall–Kier alpha value is -1.02. The summed E-state index contributed by atoms with van der Waals surface area (Å²) in [6.45, 7) is 0.681. The van der Waals surface area contributed by atoms with Gasteiger partial charge in [-0.2, -0.15) is 0 Å². The maximum absolute atomic E-state index is 5.93. The molecule has 3 heteroatoms. The second-order valence-corrected chi connectivity index (χ2v) is 5.53. The van der Waals surface area contributed by atoms with Gasteiger partial charge in [-0.25, -0.2) is 0 Å². The van der Waals surface area contributed by atoms with Gasteiger partial charge < -0.3 is 5.73 Å². The molecule has 2 N–H and O–H groups in total. The van der Waals surface area contributed by atoms with Gasteiger partial charge in [0, 0.05) is 10.0 Å². The third-order valence-electron chi connectivity index (χ3n) is 3.25. The normalized spacial score (nSPS) is 12.4. The lowest BCUT2D eigenvalue weighted by molar-refractivity contribution is 0.630. The van der Waals surface area contributed by atoms with Crippen LogP contribution in [0.25, 0.3) is 0 Å². The molecule has 0 aliphatic heterocycles. The Morgan fingerprint density at radius 1 is 0.842 bits per heavy atom. The summed E-state index contributed by atoms with van der Waals surface area (Å²) in [5, 5.41) is 1.53. The van der Waals surface area contributed by atoms with E-state index in [0.717, 1.165) is 22.9 Å².